The number of fused-ring (bicyclic) bond motifs is 2. The van der Waals surface area contributed by atoms with E-state index in [1.807, 2.05) is 11.8 Å². The number of amidine groups is 1. The second-order valence-electron chi connectivity index (χ2n) is 8.80. The Kier molecular flexibility index (Phi) is 9.01. The number of aliphatic imine (C=N–C) groups is 2. The molecule has 0 aromatic heterocycles. The van der Waals surface area contributed by atoms with E-state index >= 15 is 0 Å². The van der Waals surface area contributed by atoms with Crippen LogP contribution < -0.4 is 0 Å². The molecule has 0 aliphatic carbocycles. The average Bonchev–Trinajstić information content (AvgIpc) is 3.16. The number of allylic oxidation sites excluding steroid dienone is 3. The molecule has 0 saturated carbocycles. The lowest BCUT2D eigenvalue weighted by atomic mass is 9.94. The molecule has 1 aromatic rings. The van der Waals surface area contributed by atoms with E-state index in [1.54, 1.807) is 18.9 Å². The largest absolute Gasteiger partial charge is 0.501 e. The highest BCUT2D eigenvalue weighted by Gasteiger charge is 2.41. The molecule has 5 rings (SSSR count). The molecule has 1 unspecified atom stereocenters. The molecule has 4 aliphatic heterocycles. The molecule has 0 amide bonds. The van der Waals surface area contributed by atoms with Gasteiger partial charge >= 0.3 is 0 Å². The van der Waals surface area contributed by atoms with Crippen molar-refractivity contribution in [1.82, 2.24) is 14.7 Å². The van der Waals surface area contributed by atoms with Crippen molar-refractivity contribution in [2.75, 3.05) is 26.7 Å². The Balaban J connectivity index is 0.000000375. The van der Waals surface area contributed by atoms with Gasteiger partial charge in [-0.05, 0) is 63.7 Å². The normalized spacial score (nSPS) is 21.5. The summed E-state index contributed by atoms with van der Waals surface area (Å²) in [5.41, 5.74) is 1.71. The van der Waals surface area contributed by atoms with E-state index in [0.29, 0.717) is 23.8 Å². The first kappa shape index (κ1) is 26.7. The van der Waals surface area contributed by atoms with Gasteiger partial charge in [0.1, 0.15) is 17.7 Å². The molecule has 36 heavy (non-hydrogen) atoms. The van der Waals surface area contributed by atoms with Crippen molar-refractivity contribution in [2.24, 2.45) is 15.9 Å². The van der Waals surface area contributed by atoms with Crippen LogP contribution in [0.1, 0.15) is 32.3 Å². The highest BCUT2D eigenvalue weighted by molar-refractivity contribution is 6.08. The molecule has 3 N–H and O–H groups in total. The van der Waals surface area contributed by atoms with Crippen LogP contribution in [0.3, 0.4) is 0 Å². The molecule has 2 fully saturated rings. The molecule has 0 radical (unpaired) electrons. The van der Waals surface area contributed by atoms with E-state index in [4.69, 9.17) is 10.8 Å². The number of nitrogens with one attached hydrogen (secondary N) is 2. The standard InChI is InChI=1S/C20H23FN6O.C7H11N/c1-5-25-19-18(13(2)24-3)26(4)20(17(23)7-6-10-22)27(19)12-14-8-9-15(28)11-16(14)21;1-4-8-5-2-7(1)3-6-8/h6-7,10-11,20,22-23,28H,3,5,12H2,1-2,4H3;1,4,7H,2-3,5-6H2/b7-6-,18-13+,22-10?,23-17?,25-19?;. The topological polar surface area (TPSA) is 102 Å². The molecule has 8 nitrogen and oxygen atoms in total. The number of rotatable bonds is 7. The number of aromatic hydroxyl groups is 1. The fourth-order valence-electron chi connectivity index (χ4n) is 4.56. The van der Waals surface area contributed by atoms with Gasteiger partial charge in [-0.3, -0.25) is 9.98 Å². The van der Waals surface area contributed by atoms with Crippen molar-refractivity contribution in [3.63, 3.8) is 0 Å². The van der Waals surface area contributed by atoms with Gasteiger partial charge in [0.05, 0.1) is 23.5 Å². The summed E-state index contributed by atoms with van der Waals surface area (Å²) in [5.74, 6) is 0.549. The Morgan fingerprint density at radius 2 is 2.06 bits per heavy atom. The van der Waals surface area contributed by atoms with Gasteiger partial charge in [-0.25, -0.2) is 4.39 Å². The van der Waals surface area contributed by atoms with Crippen LogP contribution in [0, 0.1) is 34.7 Å². The van der Waals surface area contributed by atoms with E-state index in [1.165, 1.54) is 38.1 Å². The minimum absolute atomic E-state index is 0.0607. The first-order valence-electron chi connectivity index (χ1n) is 12.0. The van der Waals surface area contributed by atoms with Crippen LogP contribution in [0.5, 0.6) is 5.75 Å². The highest BCUT2D eigenvalue weighted by atomic mass is 19.1. The Morgan fingerprint density at radius 1 is 1.33 bits per heavy atom. The summed E-state index contributed by atoms with van der Waals surface area (Å²) in [7, 11) is 1.80. The maximum absolute atomic E-state index is 14.3. The SMILES string of the molecule is C1=CN2CCC1CC2.C=N/C(C)=C1\C(=NCC)N(Cc2c#cc(O)cc2F)C(C(=N)/C=C\C=N)N1C. The molecule has 1 aromatic carbocycles. The van der Waals surface area contributed by atoms with E-state index < -0.39 is 12.0 Å². The number of hydrogen-bond acceptors (Lipinski definition) is 7. The summed E-state index contributed by atoms with van der Waals surface area (Å²) in [6.45, 7) is 10.4. The van der Waals surface area contributed by atoms with Gasteiger partial charge < -0.3 is 30.6 Å². The van der Waals surface area contributed by atoms with Crippen LogP contribution in [-0.4, -0.2) is 77.1 Å². The summed E-state index contributed by atoms with van der Waals surface area (Å²) in [4.78, 5) is 14.6. The third kappa shape index (κ3) is 6.00. The van der Waals surface area contributed by atoms with Gasteiger partial charge in [0.25, 0.3) is 0 Å². The molecule has 9 heteroatoms. The monoisotopic (exact) mass is 491 g/mol. The minimum Gasteiger partial charge on any atom is -0.501 e. The smallest absolute Gasteiger partial charge is 0.170 e. The van der Waals surface area contributed by atoms with Gasteiger partial charge in [-0.2, -0.15) is 0 Å². The number of piperidine rings is 1. The lowest BCUT2D eigenvalue weighted by molar-refractivity contribution is 0.243. The number of likely N-dealkylation sites (N-methyl/N-ethyl adjacent to an activating group) is 1. The quantitative estimate of drug-likeness (QED) is 0.502. The zero-order chi connectivity index (χ0) is 26.2. The van der Waals surface area contributed by atoms with Crippen LogP contribution in [0.25, 0.3) is 0 Å². The predicted molar refractivity (Wildman–Crippen MR) is 142 cm³/mol. The minimum atomic E-state index is -0.619. The van der Waals surface area contributed by atoms with E-state index in [-0.39, 0.29) is 23.6 Å². The summed E-state index contributed by atoms with van der Waals surface area (Å²) < 4.78 is 14.3. The van der Waals surface area contributed by atoms with Crippen molar-refractivity contribution in [3.05, 3.63) is 65.4 Å². The Bertz CT molecular complexity index is 1090. The highest BCUT2D eigenvalue weighted by Crippen LogP contribution is 2.30. The van der Waals surface area contributed by atoms with Crippen molar-refractivity contribution in [1.29, 1.82) is 10.8 Å². The van der Waals surface area contributed by atoms with Gasteiger partial charge in [0.2, 0.25) is 0 Å². The van der Waals surface area contributed by atoms with Gasteiger partial charge in [0.15, 0.2) is 11.6 Å². The van der Waals surface area contributed by atoms with E-state index in [9.17, 15) is 9.50 Å². The zero-order valence-corrected chi connectivity index (χ0v) is 21.1. The van der Waals surface area contributed by atoms with Gasteiger partial charge in [-0.1, -0.05) is 12.1 Å². The van der Waals surface area contributed by atoms with Crippen LogP contribution in [-0.2, 0) is 6.54 Å². The number of hydrogen-bond donors (Lipinski definition) is 3. The van der Waals surface area contributed by atoms with Crippen molar-refractivity contribution >= 4 is 24.5 Å². The second-order valence-corrected chi connectivity index (χ2v) is 8.80. The molecule has 0 spiro atoms. The maximum Gasteiger partial charge on any atom is 0.170 e. The number of nitrogens with zero attached hydrogens (tertiary/aromatic N) is 5. The van der Waals surface area contributed by atoms with Crippen molar-refractivity contribution < 1.29 is 9.50 Å². The molecule has 2 saturated heterocycles. The van der Waals surface area contributed by atoms with Gasteiger partial charge in [0, 0.05) is 39.0 Å². The Hall–Kier alpha value is -3.93. The Labute approximate surface area is 212 Å². The lowest BCUT2D eigenvalue weighted by Crippen LogP contribution is -2.43. The number of halogens is 1. The first-order valence-corrected chi connectivity index (χ1v) is 12.0. The van der Waals surface area contributed by atoms with Crippen LogP contribution >= 0.6 is 0 Å². The second kappa shape index (κ2) is 12.2. The molecule has 4 aliphatic rings. The summed E-state index contributed by atoms with van der Waals surface area (Å²) in [6.07, 6.45) is 10.8. The summed E-state index contributed by atoms with van der Waals surface area (Å²) >= 11 is 0. The fourth-order valence-corrected chi connectivity index (χ4v) is 4.56. The van der Waals surface area contributed by atoms with E-state index in [0.717, 1.165) is 18.2 Å². The average molecular weight is 492 g/mol. The fraction of sp³-hybridized carbons (Fsp3) is 0.407. The lowest BCUT2D eigenvalue weighted by Gasteiger charge is -2.34. The van der Waals surface area contributed by atoms with Crippen LogP contribution in [0.15, 0.2) is 51.9 Å². The third-order valence-corrected chi connectivity index (χ3v) is 6.40. The summed E-state index contributed by atoms with van der Waals surface area (Å²) in [5, 5.41) is 25.0. The molecular weight excluding hydrogens is 457 g/mol. The molecule has 4 heterocycles. The third-order valence-electron chi connectivity index (χ3n) is 6.40. The molecular formula is C27H34FN7O. The molecule has 2 bridgehead atoms. The van der Waals surface area contributed by atoms with Crippen LogP contribution in [0.2, 0.25) is 0 Å². The Morgan fingerprint density at radius 3 is 2.53 bits per heavy atom. The van der Waals surface area contributed by atoms with Crippen molar-refractivity contribution in [3.8, 4) is 5.75 Å². The van der Waals surface area contributed by atoms with Gasteiger partial charge in [-0.15, -0.1) is 0 Å². The summed E-state index contributed by atoms with van der Waals surface area (Å²) in [6, 6.07) is 6.07. The predicted octanol–water partition coefficient (Wildman–Crippen LogP) is 4.01. The molecule has 190 valence electrons. The van der Waals surface area contributed by atoms with Crippen LogP contribution in [0.4, 0.5) is 4.39 Å². The first-order chi connectivity index (χ1) is 17.3. The molecule has 1 atom stereocenters. The van der Waals surface area contributed by atoms with E-state index in [2.05, 4.69) is 46.0 Å². The maximum atomic E-state index is 14.3. The zero-order valence-electron chi connectivity index (χ0n) is 21.1. The van der Waals surface area contributed by atoms with Crippen molar-refractivity contribution in [2.45, 2.75) is 39.4 Å².